The molecular formula is C15H21NO3S. The van der Waals surface area contributed by atoms with Gasteiger partial charge >= 0.3 is 0 Å². The normalized spacial score (nSPS) is 15.2. The van der Waals surface area contributed by atoms with Crippen LogP contribution in [0.4, 0.5) is 5.69 Å². The second kappa shape index (κ2) is 5.95. The number of sulfone groups is 1. The van der Waals surface area contributed by atoms with Crippen molar-refractivity contribution < 1.29 is 13.2 Å². The average molecular weight is 295 g/mol. The highest BCUT2D eigenvalue weighted by molar-refractivity contribution is 7.92. The van der Waals surface area contributed by atoms with Gasteiger partial charge in [0.2, 0.25) is 5.91 Å². The van der Waals surface area contributed by atoms with Crippen LogP contribution >= 0.6 is 0 Å². The molecule has 0 radical (unpaired) electrons. The third-order valence-corrected chi connectivity index (χ3v) is 5.20. The van der Waals surface area contributed by atoms with Crippen molar-refractivity contribution in [3.05, 3.63) is 29.8 Å². The predicted molar refractivity (Wildman–Crippen MR) is 80.6 cm³/mol. The number of carbonyl (C=O) groups excluding carboxylic acids is 1. The number of carbonyl (C=O) groups is 1. The number of fused-ring (bicyclic) bond motifs is 1. The van der Waals surface area contributed by atoms with E-state index in [0.29, 0.717) is 6.54 Å². The molecule has 0 aromatic heterocycles. The maximum Gasteiger partial charge on any atom is 0.242 e. The lowest BCUT2D eigenvalue weighted by atomic mass is 10.0. The van der Waals surface area contributed by atoms with E-state index in [4.69, 9.17) is 0 Å². The Kier molecular flexibility index (Phi) is 4.48. The van der Waals surface area contributed by atoms with Gasteiger partial charge in [-0.05, 0) is 30.4 Å². The van der Waals surface area contributed by atoms with Crippen LogP contribution in [0.5, 0.6) is 0 Å². The molecule has 2 rings (SSSR count). The smallest absolute Gasteiger partial charge is 0.242 e. The van der Waals surface area contributed by atoms with Gasteiger partial charge in [0.25, 0.3) is 0 Å². The van der Waals surface area contributed by atoms with Crippen molar-refractivity contribution in [2.45, 2.75) is 26.7 Å². The van der Waals surface area contributed by atoms with Crippen molar-refractivity contribution in [1.29, 1.82) is 0 Å². The quantitative estimate of drug-likeness (QED) is 0.854. The number of hydrogen-bond donors (Lipinski definition) is 0. The van der Waals surface area contributed by atoms with Gasteiger partial charge in [0.1, 0.15) is 5.75 Å². The lowest BCUT2D eigenvalue weighted by Crippen LogP contribution is -2.40. The fourth-order valence-electron chi connectivity index (χ4n) is 2.63. The molecule has 1 amide bonds. The van der Waals surface area contributed by atoms with E-state index in [9.17, 15) is 13.2 Å². The zero-order valence-electron chi connectivity index (χ0n) is 12.0. The van der Waals surface area contributed by atoms with Gasteiger partial charge in [-0.25, -0.2) is 8.42 Å². The molecular weight excluding hydrogens is 274 g/mol. The maximum atomic E-state index is 12.3. The average Bonchev–Trinajstić information content (AvgIpc) is 2.35. The molecule has 20 heavy (non-hydrogen) atoms. The Hall–Kier alpha value is -1.36. The first-order valence-electron chi connectivity index (χ1n) is 6.98. The third-order valence-electron chi connectivity index (χ3n) is 3.34. The highest BCUT2D eigenvalue weighted by Crippen LogP contribution is 2.26. The molecule has 0 unspecified atom stereocenters. The topological polar surface area (TPSA) is 54.5 Å². The Labute approximate surface area is 120 Å². The summed E-state index contributed by atoms with van der Waals surface area (Å²) in [6.07, 6.45) is 1.83. The maximum absolute atomic E-state index is 12.3. The van der Waals surface area contributed by atoms with Crippen LogP contribution < -0.4 is 4.90 Å². The minimum atomic E-state index is -3.32. The van der Waals surface area contributed by atoms with Crippen LogP contribution in [-0.4, -0.2) is 32.4 Å². The summed E-state index contributed by atoms with van der Waals surface area (Å²) in [6.45, 7) is 4.30. The molecule has 1 aromatic rings. The molecule has 1 aliphatic rings. The van der Waals surface area contributed by atoms with Crippen LogP contribution in [0.2, 0.25) is 0 Å². The van der Waals surface area contributed by atoms with E-state index in [-0.39, 0.29) is 23.3 Å². The minimum absolute atomic E-state index is 0.0430. The van der Waals surface area contributed by atoms with Gasteiger partial charge < -0.3 is 4.90 Å². The Morgan fingerprint density at radius 2 is 2.00 bits per heavy atom. The number of nitrogens with zero attached hydrogens (tertiary/aromatic N) is 1. The molecule has 0 atom stereocenters. The van der Waals surface area contributed by atoms with Crippen molar-refractivity contribution >= 4 is 21.4 Å². The molecule has 0 bridgehead atoms. The van der Waals surface area contributed by atoms with Crippen molar-refractivity contribution in [3.8, 4) is 0 Å². The Balaban J connectivity index is 2.15. The number of benzene rings is 1. The van der Waals surface area contributed by atoms with Gasteiger partial charge in [0.05, 0.1) is 5.75 Å². The zero-order valence-corrected chi connectivity index (χ0v) is 12.8. The van der Waals surface area contributed by atoms with Crippen molar-refractivity contribution in [3.63, 3.8) is 0 Å². The monoisotopic (exact) mass is 295 g/mol. The first-order chi connectivity index (χ1) is 9.39. The summed E-state index contributed by atoms with van der Waals surface area (Å²) in [5, 5.41) is 0. The van der Waals surface area contributed by atoms with Gasteiger partial charge in [-0.3, -0.25) is 4.79 Å². The molecule has 1 heterocycles. The molecule has 0 spiro atoms. The summed E-state index contributed by atoms with van der Waals surface area (Å²) in [6, 6.07) is 7.72. The molecule has 0 fully saturated rings. The first-order valence-corrected chi connectivity index (χ1v) is 8.80. The Morgan fingerprint density at radius 3 is 2.70 bits per heavy atom. The number of amides is 1. The molecule has 4 nitrogen and oxygen atoms in total. The summed E-state index contributed by atoms with van der Waals surface area (Å²) >= 11 is 0. The molecule has 5 heteroatoms. The van der Waals surface area contributed by atoms with Gasteiger partial charge in [0, 0.05) is 12.2 Å². The lowest BCUT2D eigenvalue weighted by molar-refractivity contribution is -0.116. The Morgan fingerprint density at radius 1 is 1.30 bits per heavy atom. The molecule has 0 saturated carbocycles. The number of para-hydroxylation sites is 1. The van der Waals surface area contributed by atoms with E-state index in [1.807, 2.05) is 38.1 Å². The number of rotatable bonds is 4. The summed E-state index contributed by atoms with van der Waals surface area (Å²) in [7, 11) is -3.32. The van der Waals surface area contributed by atoms with Crippen molar-refractivity contribution in [1.82, 2.24) is 0 Å². The van der Waals surface area contributed by atoms with E-state index in [1.54, 1.807) is 4.90 Å². The standard InChI is InChI=1S/C15H21NO3S/c1-12(2)10-20(18,19)11-15(17)16-9-5-7-13-6-3-4-8-14(13)16/h3-4,6,8,12H,5,7,9-11H2,1-2H3. The van der Waals surface area contributed by atoms with Crippen LogP contribution in [0.1, 0.15) is 25.8 Å². The van der Waals surface area contributed by atoms with E-state index in [2.05, 4.69) is 0 Å². The predicted octanol–water partition coefficient (Wildman–Crippen LogP) is 2.04. The zero-order chi connectivity index (χ0) is 14.8. The van der Waals surface area contributed by atoms with E-state index in [1.165, 1.54) is 0 Å². The molecule has 110 valence electrons. The van der Waals surface area contributed by atoms with Gasteiger partial charge in [0.15, 0.2) is 9.84 Å². The van der Waals surface area contributed by atoms with Crippen LogP contribution in [0.3, 0.4) is 0 Å². The third kappa shape index (κ3) is 3.60. The molecule has 1 aromatic carbocycles. The van der Waals surface area contributed by atoms with Crippen LogP contribution in [-0.2, 0) is 21.1 Å². The van der Waals surface area contributed by atoms with Crippen LogP contribution in [0, 0.1) is 5.92 Å². The molecule has 0 aliphatic carbocycles. The number of anilines is 1. The highest BCUT2D eigenvalue weighted by Gasteiger charge is 2.26. The van der Waals surface area contributed by atoms with Gasteiger partial charge in [-0.2, -0.15) is 0 Å². The SMILES string of the molecule is CC(C)CS(=O)(=O)CC(=O)N1CCCc2ccccc21. The molecule has 0 N–H and O–H groups in total. The summed E-state index contributed by atoms with van der Waals surface area (Å²) < 4.78 is 23.9. The first kappa shape index (κ1) is 15.0. The summed E-state index contributed by atoms with van der Waals surface area (Å²) in [5.41, 5.74) is 1.98. The highest BCUT2D eigenvalue weighted by atomic mass is 32.2. The second-order valence-electron chi connectivity index (χ2n) is 5.73. The van der Waals surface area contributed by atoms with Crippen LogP contribution in [0.25, 0.3) is 0 Å². The number of aryl methyl sites for hydroxylation is 1. The fourth-order valence-corrected chi connectivity index (χ4v) is 4.29. The van der Waals surface area contributed by atoms with Gasteiger partial charge in [-0.15, -0.1) is 0 Å². The van der Waals surface area contributed by atoms with E-state index in [0.717, 1.165) is 24.1 Å². The summed E-state index contributed by atoms with van der Waals surface area (Å²) in [4.78, 5) is 13.9. The van der Waals surface area contributed by atoms with Crippen LogP contribution in [0.15, 0.2) is 24.3 Å². The fraction of sp³-hybridized carbons (Fsp3) is 0.533. The van der Waals surface area contributed by atoms with Gasteiger partial charge in [-0.1, -0.05) is 32.0 Å². The minimum Gasteiger partial charge on any atom is -0.311 e. The molecule has 0 saturated heterocycles. The van der Waals surface area contributed by atoms with Crippen molar-refractivity contribution in [2.24, 2.45) is 5.92 Å². The number of hydrogen-bond acceptors (Lipinski definition) is 3. The second-order valence-corrected chi connectivity index (χ2v) is 7.84. The Bertz CT molecular complexity index is 593. The summed E-state index contributed by atoms with van der Waals surface area (Å²) in [5.74, 6) is -0.590. The van der Waals surface area contributed by atoms with Crippen molar-refractivity contribution in [2.75, 3.05) is 23.0 Å². The van der Waals surface area contributed by atoms with E-state index >= 15 is 0 Å². The lowest BCUT2D eigenvalue weighted by Gasteiger charge is -2.29. The van der Waals surface area contributed by atoms with E-state index < -0.39 is 9.84 Å². The largest absolute Gasteiger partial charge is 0.311 e. The molecule has 1 aliphatic heterocycles.